The van der Waals surface area contributed by atoms with Crippen LogP contribution in [0.1, 0.15) is 39.9 Å². The second kappa shape index (κ2) is 8.74. The van der Waals surface area contributed by atoms with E-state index in [9.17, 15) is 19.2 Å². The van der Waals surface area contributed by atoms with E-state index in [0.29, 0.717) is 18.5 Å². The van der Waals surface area contributed by atoms with Gasteiger partial charge in [-0.25, -0.2) is 0 Å². The molecule has 0 aromatic heterocycles. The maximum absolute atomic E-state index is 12.7. The Hall–Kier alpha value is -3.44. The number of amides is 4. The third kappa shape index (κ3) is 4.67. The number of nitrogens with one attached hydrogen (secondary N) is 2. The molecular formula is C23H18BrN3O4. The molecule has 1 fully saturated rings. The molecule has 2 aliphatic heterocycles. The summed E-state index contributed by atoms with van der Waals surface area (Å²) in [5, 5.41) is 5.04. The van der Waals surface area contributed by atoms with Crippen molar-refractivity contribution in [1.29, 1.82) is 0 Å². The van der Waals surface area contributed by atoms with E-state index in [0.717, 1.165) is 21.2 Å². The lowest BCUT2D eigenvalue weighted by atomic mass is 10.0. The van der Waals surface area contributed by atoms with Crippen LogP contribution in [0.15, 0.2) is 46.9 Å². The van der Waals surface area contributed by atoms with Crippen LogP contribution in [0.2, 0.25) is 0 Å². The van der Waals surface area contributed by atoms with Gasteiger partial charge in [-0.05, 0) is 41.8 Å². The van der Waals surface area contributed by atoms with Crippen LogP contribution in [0.5, 0.6) is 0 Å². The van der Waals surface area contributed by atoms with E-state index in [1.807, 2.05) is 30.3 Å². The Morgan fingerprint density at radius 2 is 2.03 bits per heavy atom. The number of halogens is 1. The fraction of sp³-hybridized carbons (Fsp3) is 0.217. The Kier molecular flexibility index (Phi) is 5.87. The zero-order valence-electron chi connectivity index (χ0n) is 16.4. The average Bonchev–Trinajstić information content (AvgIpc) is 3.06. The van der Waals surface area contributed by atoms with Gasteiger partial charge in [-0.2, -0.15) is 0 Å². The Balaban J connectivity index is 1.39. The topological polar surface area (TPSA) is 95.6 Å². The van der Waals surface area contributed by atoms with Crippen LogP contribution < -0.4 is 10.6 Å². The SMILES string of the molecule is O=C(C#Cc1cccc(Br)c1)NCc1ccc2c(c1)CN(C1CCC(=O)NC1=O)C2=O. The number of piperidine rings is 1. The number of carbonyl (C=O) groups excluding carboxylic acids is 4. The standard InChI is InChI=1S/C23H18BrN3O4/c24-17-3-1-2-14(11-17)5-8-20(28)25-12-15-4-6-18-16(10-15)13-27(23(18)31)19-7-9-21(29)26-22(19)30/h1-4,6,10-11,19H,7,9,12-13H2,(H,25,28)(H,26,29,30). The molecule has 4 amide bonds. The van der Waals surface area contributed by atoms with Crippen molar-refractivity contribution >= 4 is 39.6 Å². The number of fused-ring (bicyclic) bond motifs is 1. The van der Waals surface area contributed by atoms with Gasteiger partial charge in [0.05, 0.1) is 0 Å². The Morgan fingerprint density at radius 1 is 1.19 bits per heavy atom. The maximum Gasteiger partial charge on any atom is 0.296 e. The fourth-order valence-corrected chi connectivity index (χ4v) is 4.06. The number of benzene rings is 2. The summed E-state index contributed by atoms with van der Waals surface area (Å²) in [5.41, 5.74) is 2.89. The highest BCUT2D eigenvalue weighted by molar-refractivity contribution is 9.10. The first kappa shape index (κ1) is 20.8. The second-order valence-electron chi connectivity index (χ2n) is 7.33. The van der Waals surface area contributed by atoms with Crippen LogP contribution >= 0.6 is 15.9 Å². The molecule has 2 N–H and O–H groups in total. The molecular weight excluding hydrogens is 462 g/mol. The molecule has 0 radical (unpaired) electrons. The van der Waals surface area contributed by atoms with Crippen molar-refractivity contribution < 1.29 is 19.2 Å². The number of rotatable bonds is 3. The van der Waals surface area contributed by atoms with Crippen molar-refractivity contribution in [3.63, 3.8) is 0 Å². The summed E-state index contributed by atoms with van der Waals surface area (Å²) < 4.78 is 0.888. The first-order valence-electron chi connectivity index (χ1n) is 9.72. The Bertz CT molecular complexity index is 1160. The fourth-order valence-electron chi connectivity index (χ4n) is 3.66. The molecule has 156 valence electrons. The van der Waals surface area contributed by atoms with Gasteiger partial charge in [0.25, 0.3) is 11.8 Å². The minimum absolute atomic E-state index is 0.217. The molecule has 2 aliphatic rings. The minimum atomic E-state index is -0.644. The quantitative estimate of drug-likeness (QED) is 0.518. The smallest absolute Gasteiger partial charge is 0.296 e. The number of hydrogen-bond acceptors (Lipinski definition) is 4. The molecule has 4 rings (SSSR count). The van der Waals surface area contributed by atoms with E-state index < -0.39 is 17.9 Å². The molecule has 31 heavy (non-hydrogen) atoms. The molecule has 1 unspecified atom stereocenters. The first-order valence-corrected chi connectivity index (χ1v) is 10.5. The van der Waals surface area contributed by atoms with Crippen molar-refractivity contribution in [3.8, 4) is 11.8 Å². The number of imide groups is 1. The highest BCUT2D eigenvalue weighted by atomic mass is 79.9. The summed E-state index contributed by atoms with van der Waals surface area (Å²) in [5.74, 6) is 4.00. The van der Waals surface area contributed by atoms with Crippen LogP contribution in [0, 0.1) is 11.8 Å². The predicted octanol–water partition coefficient (Wildman–Crippen LogP) is 1.88. The predicted molar refractivity (Wildman–Crippen MR) is 115 cm³/mol. The van der Waals surface area contributed by atoms with Gasteiger partial charge in [-0.15, -0.1) is 0 Å². The molecule has 2 aromatic carbocycles. The monoisotopic (exact) mass is 479 g/mol. The van der Waals surface area contributed by atoms with E-state index in [1.54, 1.807) is 12.1 Å². The minimum Gasteiger partial charge on any atom is -0.341 e. The van der Waals surface area contributed by atoms with Crippen LogP contribution in [0.4, 0.5) is 0 Å². The molecule has 2 aromatic rings. The van der Waals surface area contributed by atoms with Gasteiger partial charge >= 0.3 is 0 Å². The maximum atomic E-state index is 12.7. The van der Waals surface area contributed by atoms with E-state index >= 15 is 0 Å². The third-order valence-electron chi connectivity index (χ3n) is 5.19. The molecule has 0 spiro atoms. The van der Waals surface area contributed by atoms with Crippen molar-refractivity contribution in [2.75, 3.05) is 0 Å². The van der Waals surface area contributed by atoms with Crippen LogP contribution in [0.3, 0.4) is 0 Å². The van der Waals surface area contributed by atoms with Crippen LogP contribution in [-0.4, -0.2) is 34.6 Å². The molecule has 0 bridgehead atoms. The average molecular weight is 480 g/mol. The van der Waals surface area contributed by atoms with Crippen molar-refractivity contribution in [3.05, 3.63) is 69.2 Å². The first-order chi connectivity index (χ1) is 14.9. The van der Waals surface area contributed by atoms with Gasteiger partial charge in [0, 0.05) is 41.0 Å². The third-order valence-corrected chi connectivity index (χ3v) is 5.68. The molecule has 2 heterocycles. The molecule has 1 saturated heterocycles. The molecule has 0 aliphatic carbocycles. The summed E-state index contributed by atoms with van der Waals surface area (Å²) >= 11 is 3.36. The summed E-state index contributed by atoms with van der Waals surface area (Å²) in [7, 11) is 0. The lowest BCUT2D eigenvalue weighted by molar-refractivity contribution is -0.137. The van der Waals surface area contributed by atoms with E-state index in [4.69, 9.17) is 0 Å². The van der Waals surface area contributed by atoms with Crippen LogP contribution in [0.25, 0.3) is 0 Å². The zero-order valence-corrected chi connectivity index (χ0v) is 18.0. The Labute approximate surface area is 187 Å². The molecule has 7 nitrogen and oxygen atoms in total. The van der Waals surface area contributed by atoms with Gasteiger partial charge < -0.3 is 10.2 Å². The van der Waals surface area contributed by atoms with Gasteiger partial charge in [0.1, 0.15) is 6.04 Å². The van der Waals surface area contributed by atoms with E-state index in [1.165, 1.54) is 4.90 Å². The van der Waals surface area contributed by atoms with Gasteiger partial charge in [0.15, 0.2) is 0 Å². The van der Waals surface area contributed by atoms with Gasteiger partial charge in [-0.3, -0.25) is 24.5 Å². The number of nitrogens with zero attached hydrogens (tertiary/aromatic N) is 1. The van der Waals surface area contributed by atoms with E-state index in [-0.39, 0.29) is 24.8 Å². The summed E-state index contributed by atoms with van der Waals surface area (Å²) in [6.07, 6.45) is 0.540. The highest BCUT2D eigenvalue weighted by Crippen LogP contribution is 2.28. The second-order valence-corrected chi connectivity index (χ2v) is 8.25. The zero-order chi connectivity index (χ0) is 22.0. The molecule has 0 saturated carbocycles. The lowest BCUT2D eigenvalue weighted by Crippen LogP contribution is -2.52. The van der Waals surface area contributed by atoms with Gasteiger partial charge in [-0.1, -0.05) is 40.0 Å². The Morgan fingerprint density at radius 3 is 2.81 bits per heavy atom. The largest absolute Gasteiger partial charge is 0.341 e. The summed E-state index contributed by atoms with van der Waals surface area (Å²) in [4.78, 5) is 49.8. The molecule has 8 heteroatoms. The van der Waals surface area contributed by atoms with Crippen LogP contribution in [-0.2, 0) is 27.5 Å². The highest BCUT2D eigenvalue weighted by Gasteiger charge is 2.38. The van der Waals surface area contributed by atoms with Crippen molar-refractivity contribution in [2.24, 2.45) is 0 Å². The van der Waals surface area contributed by atoms with Crippen molar-refractivity contribution in [1.82, 2.24) is 15.5 Å². The summed E-state index contributed by atoms with van der Waals surface area (Å²) in [6.45, 7) is 0.566. The lowest BCUT2D eigenvalue weighted by Gasteiger charge is -2.29. The number of hydrogen-bond donors (Lipinski definition) is 2. The summed E-state index contributed by atoms with van der Waals surface area (Å²) in [6, 6.07) is 12.0. The normalized spacial score (nSPS) is 17.5. The van der Waals surface area contributed by atoms with Gasteiger partial charge in [0.2, 0.25) is 11.8 Å². The molecule has 1 atom stereocenters. The van der Waals surface area contributed by atoms with E-state index in [2.05, 4.69) is 38.4 Å². The number of carbonyl (C=O) groups is 4. The van der Waals surface area contributed by atoms with Crippen molar-refractivity contribution in [2.45, 2.75) is 32.0 Å².